The molecular formula is C18H18F3N5OS. The third-order valence-electron chi connectivity index (χ3n) is 3.82. The summed E-state index contributed by atoms with van der Waals surface area (Å²) in [6.45, 7) is 0. The number of benzene rings is 1. The highest BCUT2D eigenvalue weighted by molar-refractivity contribution is 7.19. The molecule has 0 amide bonds. The number of hydrogen-bond acceptors (Lipinski definition) is 7. The van der Waals surface area contributed by atoms with Crippen molar-refractivity contribution in [3.63, 3.8) is 0 Å². The monoisotopic (exact) mass is 409 g/mol. The molecule has 0 radical (unpaired) electrons. The van der Waals surface area contributed by atoms with E-state index < -0.39 is 11.7 Å². The molecule has 0 saturated carbocycles. The molecule has 2 heterocycles. The molecule has 0 fully saturated rings. The van der Waals surface area contributed by atoms with Crippen molar-refractivity contribution in [1.29, 1.82) is 0 Å². The zero-order chi connectivity index (χ0) is 20.6. The molecule has 0 bridgehead atoms. The van der Waals surface area contributed by atoms with Crippen molar-refractivity contribution in [3.8, 4) is 26.9 Å². The topological polar surface area (TPSA) is 65.4 Å². The minimum atomic E-state index is -4.39. The van der Waals surface area contributed by atoms with Gasteiger partial charge in [0.2, 0.25) is 11.9 Å². The highest BCUT2D eigenvalue weighted by Gasteiger charge is 2.30. The number of anilines is 2. The summed E-state index contributed by atoms with van der Waals surface area (Å²) < 4.78 is 38.2. The lowest BCUT2D eigenvalue weighted by Gasteiger charge is -2.15. The van der Waals surface area contributed by atoms with Crippen LogP contribution < -0.4 is 9.80 Å². The van der Waals surface area contributed by atoms with Crippen LogP contribution in [0, 0.1) is 0 Å². The Balaban J connectivity index is 2.03. The first-order chi connectivity index (χ1) is 13.1. The summed E-state index contributed by atoms with van der Waals surface area (Å²) >= 11 is 1.20. The third-order valence-corrected chi connectivity index (χ3v) is 4.99. The Bertz CT molecular complexity index is 958. The summed E-state index contributed by atoms with van der Waals surface area (Å²) in [4.78, 5) is 17.6. The van der Waals surface area contributed by atoms with Gasteiger partial charge in [0.25, 0.3) is 0 Å². The van der Waals surface area contributed by atoms with Crippen LogP contribution in [0.1, 0.15) is 5.56 Å². The van der Waals surface area contributed by atoms with Crippen molar-refractivity contribution < 1.29 is 18.3 Å². The minimum absolute atomic E-state index is 0.0412. The predicted molar refractivity (Wildman–Crippen MR) is 104 cm³/mol. The van der Waals surface area contributed by atoms with Gasteiger partial charge in [0.15, 0.2) is 5.82 Å². The minimum Gasteiger partial charge on any atom is -0.506 e. The zero-order valence-electron chi connectivity index (χ0n) is 15.6. The lowest BCUT2D eigenvalue weighted by molar-refractivity contribution is -0.137. The van der Waals surface area contributed by atoms with E-state index in [-0.39, 0.29) is 5.75 Å². The molecule has 0 unspecified atom stereocenters. The number of aromatic nitrogens is 3. The summed E-state index contributed by atoms with van der Waals surface area (Å²) in [7, 11) is 7.17. The number of thiophene rings is 1. The zero-order valence-corrected chi connectivity index (χ0v) is 16.4. The highest BCUT2D eigenvalue weighted by Crippen LogP contribution is 2.42. The van der Waals surface area contributed by atoms with Crippen molar-refractivity contribution in [2.24, 2.45) is 0 Å². The van der Waals surface area contributed by atoms with Gasteiger partial charge in [0.1, 0.15) is 10.6 Å². The van der Waals surface area contributed by atoms with E-state index in [0.717, 1.165) is 12.1 Å². The molecule has 0 aliphatic carbocycles. The van der Waals surface area contributed by atoms with Gasteiger partial charge in [-0.1, -0.05) is 12.1 Å². The maximum Gasteiger partial charge on any atom is 0.416 e. The average Bonchev–Trinajstić information content (AvgIpc) is 3.02. The molecule has 1 aromatic carbocycles. The number of aromatic hydroxyl groups is 1. The summed E-state index contributed by atoms with van der Waals surface area (Å²) in [5, 5.41) is 10.4. The van der Waals surface area contributed by atoms with E-state index in [1.807, 2.05) is 0 Å². The molecule has 28 heavy (non-hydrogen) atoms. The molecule has 0 aliphatic heterocycles. The first-order valence-electron chi connectivity index (χ1n) is 8.18. The van der Waals surface area contributed by atoms with Crippen molar-refractivity contribution in [3.05, 3.63) is 35.9 Å². The molecule has 2 aromatic heterocycles. The molecule has 0 spiro atoms. The normalized spacial score (nSPS) is 11.5. The van der Waals surface area contributed by atoms with Gasteiger partial charge in [0, 0.05) is 33.1 Å². The molecule has 0 atom stereocenters. The molecule has 0 saturated heterocycles. The molecular weight excluding hydrogens is 391 g/mol. The van der Waals surface area contributed by atoms with Crippen LogP contribution in [0.15, 0.2) is 30.3 Å². The van der Waals surface area contributed by atoms with E-state index in [0.29, 0.717) is 33.0 Å². The second kappa shape index (κ2) is 7.27. The van der Waals surface area contributed by atoms with E-state index in [9.17, 15) is 18.3 Å². The van der Waals surface area contributed by atoms with E-state index in [2.05, 4.69) is 15.0 Å². The van der Waals surface area contributed by atoms with Crippen LogP contribution in [0.5, 0.6) is 5.75 Å². The Labute approximate surface area is 163 Å². The fourth-order valence-electron chi connectivity index (χ4n) is 2.36. The number of halogens is 3. The van der Waals surface area contributed by atoms with Crippen LogP contribution in [0.4, 0.5) is 25.1 Å². The van der Waals surface area contributed by atoms with Gasteiger partial charge in [0.05, 0.1) is 5.56 Å². The van der Waals surface area contributed by atoms with Crippen LogP contribution >= 0.6 is 11.3 Å². The van der Waals surface area contributed by atoms with Gasteiger partial charge in [-0.25, -0.2) is 0 Å². The first-order valence-corrected chi connectivity index (χ1v) is 8.99. The van der Waals surface area contributed by atoms with Gasteiger partial charge in [-0.15, -0.1) is 11.3 Å². The van der Waals surface area contributed by atoms with Crippen LogP contribution in [-0.4, -0.2) is 48.2 Å². The second-order valence-electron chi connectivity index (χ2n) is 6.45. The van der Waals surface area contributed by atoms with Gasteiger partial charge >= 0.3 is 6.18 Å². The standard InChI is InChI=1S/C18H18F3N5OS/c1-25(2)16-22-15(23-17(24-16)26(3)4)14-12(27)9-13(28-14)10-5-7-11(8-6-10)18(19,20)21/h5-9,27H,1-4H3. The summed E-state index contributed by atoms with van der Waals surface area (Å²) in [5.74, 6) is 1.11. The quantitative estimate of drug-likeness (QED) is 0.699. The number of nitrogens with zero attached hydrogens (tertiary/aromatic N) is 5. The van der Waals surface area contributed by atoms with E-state index >= 15 is 0 Å². The van der Waals surface area contributed by atoms with Gasteiger partial charge < -0.3 is 14.9 Å². The Morgan fingerprint density at radius 2 is 1.43 bits per heavy atom. The predicted octanol–water partition coefficient (Wildman–Crippen LogP) is 4.12. The van der Waals surface area contributed by atoms with Crippen LogP contribution in [0.2, 0.25) is 0 Å². The smallest absolute Gasteiger partial charge is 0.416 e. The first kappa shape index (κ1) is 19.9. The fourth-order valence-corrected chi connectivity index (χ4v) is 3.35. The van der Waals surface area contributed by atoms with Crippen molar-refractivity contribution in [1.82, 2.24) is 15.0 Å². The Morgan fingerprint density at radius 1 is 0.893 bits per heavy atom. The van der Waals surface area contributed by atoms with Crippen LogP contribution in [-0.2, 0) is 6.18 Å². The van der Waals surface area contributed by atoms with Crippen molar-refractivity contribution in [2.45, 2.75) is 6.18 Å². The molecule has 0 aliphatic rings. The van der Waals surface area contributed by atoms with Crippen molar-refractivity contribution in [2.75, 3.05) is 38.0 Å². The largest absolute Gasteiger partial charge is 0.506 e. The molecule has 1 N–H and O–H groups in total. The summed E-state index contributed by atoms with van der Waals surface area (Å²) in [5.41, 5.74) is -0.157. The Hall–Kier alpha value is -2.88. The van der Waals surface area contributed by atoms with E-state index in [1.165, 1.54) is 29.5 Å². The average molecular weight is 409 g/mol. The lowest BCUT2D eigenvalue weighted by Crippen LogP contribution is -2.19. The van der Waals surface area contributed by atoms with Gasteiger partial charge in [-0.05, 0) is 23.8 Å². The molecule has 148 valence electrons. The molecule has 6 nitrogen and oxygen atoms in total. The second-order valence-corrected chi connectivity index (χ2v) is 7.50. The maximum atomic E-state index is 12.7. The molecule has 3 aromatic rings. The summed E-state index contributed by atoms with van der Waals surface area (Å²) in [6.07, 6.45) is -4.39. The van der Waals surface area contributed by atoms with E-state index in [1.54, 1.807) is 38.0 Å². The van der Waals surface area contributed by atoms with E-state index in [4.69, 9.17) is 0 Å². The number of alkyl halides is 3. The van der Waals surface area contributed by atoms with Crippen LogP contribution in [0.3, 0.4) is 0 Å². The highest BCUT2D eigenvalue weighted by atomic mass is 32.1. The van der Waals surface area contributed by atoms with Crippen molar-refractivity contribution >= 4 is 23.2 Å². The number of hydrogen-bond donors (Lipinski definition) is 1. The maximum absolute atomic E-state index is 12.7. The Morgan fingerprint density at radius 3 is 1.89 bits per heavy atom. The molecule has 10 heteroatoms. The summed E-state index contributed by atoms with van der Waals surface area (Å²) in [6, 6.07) is 6.28. The van der Waals surface area contributed by atoms with Gasteiger partial charge in [-0.2, -0.15) is 28.1 Å². The van der Waals surface area contributed by atoms with Crippen LogP contribution in [0.25, 0.3) is 21.1 Å². The Kier molecular flexibility index (Phi) is 5.16. The number of rotatable bonds is 4. The van der Waals surface area contributed by atoms with Gasteiger partial charge in [-0.3, -0.25) is 0 Å². The SMILES string of the molecule is CN(C)c1nc(-c2sc(-c3ccc(C(F)(F)F)cc3)cc2O)nc(N(C)C)n1. The lowest BCUT2D eigenvalue weighted by atomic mass is 10.1. The fraction of sp³-hybridized carbons (Fsp3) is 0.278. The molecule has 3 rings (SSSR count). The third kappa shape index (κ3) is 4.01.